The second kappa shape index (κ2) is 6.76. The molecule has 1 aromatic rings. The third-order valence-electron chi connectivity index (χ3n) is 3.95. The van der Waals surface area contributed by atoms with Gasteiger partial charge in [0.15, 0.2) is 0 Å². The monoisotopic (exact) mass is 322 g/mol. The van der Waals surface area contributed by atoms with E-state index in [4.69, 9.17) is 9.47 Å². The Morgan fingerprint density at radius 1 is 1.13 bits per heavy atom. The van der Waals surface area contributed by atoms with Gasteiger partial charge in [0.05, 0.1) is 33.3 Å². The molecule has 0 bridgehead atoms. The van der Waals surface area contributed by atoms with Crippen LogP contribution in [0.5, 0.6) is 11.5 Å². The summed E-state index contributed by atoms with van der Waals surface area (Å²) in [5, 5.41) is 5.58. The maximum Gasteiger partial charge on any atom is 0.319 e. The molecule has 2 N–H and O–H groups in total. The molecule has 1 aromatic carbocycles. The summed E-state index contributed by atoms with van der Waals surface area (Å²) >= 11 is 0. The van der Waals surface area contributed by atoms with E-state index in [9.17, 15) is 9.59 Å². The van der Waals surface area contributed by atoms with Gasteiger partial charge in [-0.1, -0.05) is 0 Å². The third kappa shape index (κ3) is 4.06. The topological polar surface area (TPSA) is 85.9 Å². The second-order valence-electron chi connectivity index (χ2n) is 5.62. The molecule has 0 unspecified atom stereocenters. The van der Waals surface area contributed by atoms with Crippen molar-refractivity contribution in [2.45, 2.75) is 31.7 Å². The van der Waals surface area contributed by atoms with Gasteiger partial charge in [0, 0.05) is 23.4 Å². The molecule has 7 nitrogen and oxygen atoms in total. The Kier molecular flexibility index (Phi) is 4.98. The van der Waals surface area contributed by atoms with Gasteiger partial charge >= 0.3 is 12.0 Å². The van der Waals surface area contributed by atoms with Crippen molar-refractivity contribution in [2.75, 3.05) is 26.6 Å². The molecule has 1 saturated carbocycles. The van der Waals surface area contributed by atoms with Crippen LogP contribution in [-0.4, -0.2) is 38.9 Å². The number of rotatable bonds is 6. The Hall–Kier alpha value is -2.44. The number of carbonyl (C=O) groups excluding carboxylic acids is 2. The Labute approximate surface area is 135 Å². The van der Waals surface area contributed by atoms with E-state index in [0.29, 0.717) is 17.2 Å². The van der Waals surface area contributed by atoms with Gasteiger partial charge in [-0.15, -0.1) is 0 Å². The number of methoxy groups -OCH3 is 3. The van der Waals surface area contributed by atoms with E-state index in [2.05, 4.69) is 15.4 Å². The summed E-state index contributed by atoms with van der Waals surface area (Å²) in [5.41, 5.74) is 0.914. The van der Waals surface area contributed by atoms with Crippen molar-refractivity contribution in [3.8, 4) is 11.5 Å². The van der Waals surface area contributed by atoms with Crippen molar-refractivity contribution < 1.29 is 23.8 Å². The molecule has 0 saturated heterocycles. The molecule has 0 atom stereocenters. The minimum absolute atomic E-state index is 0.178. The zero-order chi connectivity index (χ0) is 17.0. The minimum Gasteiger partial charge on any atom is -0.496 e. The van der Waals surface area contributed by atoms with Gasteiger partial charge in [-0.3, -0.25) is 4.79 Å². The van der Waals surface area contributed by atoms with E-state index < -0.39 is 5.54 Å². The quantitative estimate of drug-likeness (QED) is 0.784. The molecule has 23 heavy (non-hydrogen) atoms. The first kappa shape index (κ1) is 16.9. The number of esters is 1. The molecule has 1 fully saturated rings. The van der Waals surface area contributed by atoms with Crippen LogP contribution in [0.15, 0.2) is 12.1 Å². The summed E-state index contributed by atoms with van der Waals surface area (Å²) in [6.45, 7) is 1.87. The Bertz CT molecular complexity index is 585. The lowest BCUT2D eigenvalue weighted by molar-refractivity contribution is -0.141. The molecule has 0 aromatic heterocycles. The first-order valence-corrected chi connectivity index (χ1v) is 7.31. The van der Waals surface area contributed by atoms with Gasteiger partial charge in [0.2, 0.25) is 0 Å². The SMILES string of the molecule is COC(=O)CC1(NC(=O)Nc2cc(OC)c(C)c(OC)c2)CC1. The van der Waals surface area contributed by atoms with Gasteiger partial charge in [-0.25, -0.2) is 4.79 Å². The summed E-state index contributed by atoms with van der Waals surface area (Å²) in [6.07, 6.45) is 1.70. The molecule has 2 rings (SSSR count). The van der Waals surface area contributed by atoms with E-state index in [1.165, 1.54) is 7.11 Å². The Morgan fingerprint density at radius 2 is 1.70 bits per heavy atom. The number of urea groups is 1. The molecule has 1 aliphatic rings. The van der Waals surface area contributed by atoms with Crippen molar-refractivity contribution >= 4 is 17.7 Å². The fourth-order valence-electron chi connectivity index (χ4n) is 2.41. The van der Waals surface area contributed by atoms with Gasteiger partial charge in [0.1, 0.15) is 11.5 Å². The molecular formula is C16H22N2O5. The van der Waals surface area contributed by atoms with Crippen LogP contribution in [-0.2, 0) is 9.53 Å². The van der Waals surface area contributed by atoms with Crippen molar-refractivity contribution in [3.63, 3.8) is 0 Å². The van der Waals surface area contributed by atoms with Crippen molar-refractivity contribution in [1.29, 1.82) is 0 Å². The van der Waals surface area contributed by atoms with E-state index in [0.717, 1.165) is 18.4 Å². The zero-order valence-corrected chi connectivity index (χ0v) is 13.8. The molecule has 7 heteroatoms. The maximum atomic E-state index is 12.2. The molecule has 0 spiro atoms. The van der Waals surface area contributed by atoms with Crippen LogP contribution >= 0.6 is 0 Å². The summed E-state index contributed by atoms with van der Waals surface area (Å²) in [4.78, 5) is 23.6. The van der Waals surface area contributed by atoms with E-state index in [-0.39, 0.29) is 18.4 Å². The summed E-state index contributed by atoms with van der Waals surface area (Å²) in [6, 6.07) is 3.06. The number of nitrogens with one attached hydrogen (secondary N) is 2. The first-order chi connectivity index (χ1) is 10.9. The van der Waals surface area contributed by atoms with Crippen LogP contribution in [0.1, 0.15) is 24.8 Å². The molecular weight excluding hydrogens is 300 g/mol. The van der Waals surface area contributed by atoms with Crippen molar-refractivity contribution in [3.05, 3.63) is 17.7 Å². The van der Waals surface area contributed by atoms with E-state index >= 15 is 0 Å². The second-order valence-corrected chi connectivity index (χ2v) is 5.62. The van der Waals surface area contributed by atoms with Crippen LogP contribution < -0.4 is 20.1 Å². The Morgan fingerprint density at radius 3 is 2.13 bits per heavy atom. The van der Waals surface area contributed by atoms with E-state index in [1.807, 2.05) is 6.92 Å². The number of benzene rings is 1. The fourth-order valence-corrected chi connectivity index (χ4v) is 2.41. The molecule has 126 valence electrons. The Balaban J connectivity index is 2.04. The lowest BCUT2D eigenvalue weighted by atomic mass is 10.1. The normalized spacial score (nSPS) is 14.6. The van der Waals surface area contributed by atoms with Crippen LogP contribution in [0.3, 0.4) is 0 Å². The van der Waals surface area contributed by atoms with Crippen LogP contribution in [0.2, 0.25) is 0 Å². The lowest BCUT2D eigenvalue weighted by Gasteiger charge is -2.18. The lowest BCUT2D eigenvalue weighted by Crippen LogP contribution is -2.41. The summed E-state index contributed by atoms with van der Waals surface area (Å²) in [5.74, 6) is 0.909. The molecule has 0 heterocycles. The number of anilines is 1. The van der Waals surface area contributed by atoms with Crippen LogP contribution in [0, 0.1) is 6.92 Å². The number of amides is 2. The highest BCUT2D eigenvalue weighted by Crippen LogP contribution is 2.39. The number of ether oxygens (including phenoxy) is 3. The smallest absolute Gasteiger partial charge is 0.319 e. The molecule has 1 aliphatic carbocycles. The average Bonchev–Trinajstić information content (AvgIpc) is 3.27. The standard InChI is InChI=1S/C16H22N2O5/c1-10-12(21-2)7-11(8-13(10)22-3)17-15(20)18-16(5-6-16)9-14(19)23-4/h7-8H,5-6,9H2,1-4H3,(H2,17,18,20). The van der Waals surface area contributed by atoms with Crippen molar-refractivity contribution in [2.24, 2.45) is 0 Å². The largest absolute Gasteiger partial charge is 0.496 e. The molecule has 2 amide bonds. The van der Waals surface area contributed by atoms with Crippen LogP contribution in [0.4, 0.5) is 10.5 Å². The predicted molar refractivity (Wildman–Crippen MR) is 85.0 cm³/mol. The highest BCUT2D eigenvalue weighted by Gasteiger charge is 2.46. The molecule has 0 aliphatic heterocycles. The van der Waals surface area contributed by atoms with Crippen molar-refractivity contribution in [1.82, 2.24) is 5.32 Å². The number of carbonyl (C=O) groups is 2. The van der Waals surface area contributed by atoms with Gasteiger partial charge in [0.25, 0.3) is 0 Å². The van der Waals surface area contributed by atoms with Crippen LogP contribution in [0.25, 0.3) is 0 Å². The van der Waals surface area contributed by atoms with Gasteiger partial charge in [-0.2, -0.15) is 0 Å². The predicted octanol–water partition coefficient (Wildman–Crippen LogP) is 2.23. The highest BCUT2D eigenvalue weighted by atomic mass is 16.5. The fraction of sp³-hybridized carbons (Fsp3) is 0.500. The van der Waals surface area contributed by atoms with E-state index in [1.54, 1.807) is 26.4 Å². The summed E-state index contributed by atoms with van der Waals surface area (Å²) < 4.78 is 15.2. The number of hydrogen-bond donors (Lipinski definition) is 2. The van der Waals surface area contributed by atoms with Gasteiger partial charge in [-0.05, 0) is 19.8 Å². The highest BCUT2D eigenvalue weighted by molar-refractivity contribution is 5.91. The average molecular weight is 322 g/mol. The third-order valence-corrected chi connectivity index (χ3v) is 3.95. The summed E-state index contributed by atoms with van der Waals surface area (Å²) in [7, 11) is 4.45. The molecule has 0 radical (unpaired) electrons. The first-order valence-electron chi connectivity index (χ1n) is 7.31. The zero-order valence-electron chi connectivity index (χ0n) is 13.8. The van der Waals surface area contributed by atoms with Gasteiger partial charge < -0.3 is 24.8 Å². The maximum absolute atomic E-state index is 12.2. The minimum atomic E-state index is -0.490. The number of hydrogen-bond acceptors (Lipinski definition) is 5.